The van der Waals surface area contributed by atoms with Gasteiger partial charge in [0.1, 0.15) is 5.69 Å². The molecule has 0 bridgehead atoms. The number of aromatic nitrogens is 2. The Labute approximate surface area is 154 Å². The first-order valence-corrected chi connectivity index (χ1v) is 9.43. The van der Waals surface area contributed by atoms with Crippen molar-refractivity contribution in [3.05, 3.63) is 30.0 Å². The molecular weight excluding hydrogens is 326 g/mol. The zero-order chi connectivity index (χ0) is 18.4. The molecule has 0 aliphatic carbocycles. The van der Waals surface area contributed by atoms with E-state index in [4.69, 9.17) is 4.98 Å². The maximum atomic E-state index is 12.6. The normalized spacial score (nSPS) is 15.0. The molecule has 1 aliphatic heterocycles. The van der Waals surface area contributed by atoms with Crippen LogP contribution < -0.4 is 10.2 Å². The standard InChI is InChI=1S/C20H25N5O/c1-2-3-6-11-22-20(26)15(14-21)18-19(25-12-7-8-13-25)24-17-10-5-4-9-16(17)23-18/h4-5,9-10,15H,2-3,6-8,11-13H2,1H3,(H,22,26)/t15-/m1/s1. The Morgan fingerprint density at radius 2 is 1.92 bits per heavy atom. The number of benzene rings is 1. The lowest BCUT2D eigenvalue weighted by molar-refractivity contribution is -0.121. The van der Waals surface area contributed by atoms with E-state index in [0.717, 1.165) is 50.7 Å². The maximum Gasteiger partial charge on any atom is 0.243 e. The van der Waals surface area contributed by atoms with Gasteiger partial charge in [0.15, 0.2) is 11.7 Å². The zero-order valence-electron chi connectivity index (χ0n) is 15.2. The van der Waals surface area contributed by atoms with E-state index in [1.165, 1.54) is 0 Å². The van der Waals surface area contributed by atoms with E-state index in [1.54, 1.807) is 0 Å². The Morgan fingerprint density at radius 3 is 2.58 bits per heavy atom. The highest BCUT2D eigenvalue weighted by Gasteiger charge is 2.29. The van der Waals surface area contributed by atoms with Crippen LogP contribution in [0.1, 0.15) is 50.6 Å². The number of fused-ring (bicyclic) bond motifs is 1. The van der Waals surface area contributed by atoms with Gasteiger partial charge < -0.3 is 10.2 Å². The van der Waals surface area contributed by atoms with Crippen LogP contribution in [0, 0.1) is 11.3 Å². The summed E-state index contributed by atoms with van der Waals surface area (Å²) in [4.78, 5) is 24.2. The highest BCUT2D eigenvalue weighted by Crippen LogP contribution is 2.29. The summed E-state index contributed by atoms with van der Waals surface area (Å²) >= 11 is 0. The van der Waals surface area contributed by atoms with Crippen LogP contribution in [0.2, 0.25) is 0 Å². The first-order valence-electron chi connectivity index (χ1n) is 9.43. The number of unbranched alkanes of at least 4 members (excludes halogenated alkanes) is 2. The fraction of sp³-hybridized carbons (Fsp3) is 0.500. The second-order valence-corrected chi connectivity index (χ2v) is 6.68. The van der Waals surface area contributed by atoms with Crippen LogP contribution in [0.4, 0.5) is 5.82 Å². The molecule has 26 heavy (non-hydrogen) atoms. The third kappa shape index (κ3) is 3.93. The molecule has 1 saturated heterocycles. The van der Waals surface area contributed by atoms with Crippen molar-refractivity contribution in [2.75, 3.05) is 24.5 Å². The minimum atomic E-state index is -0.940. The Balaban J connectivity index is 1.93. The van der Waals surface area contributed by atoms with Gasteiger partial charge in [-0.05, 0) is 31.4 Å². The second-order valence-electron chi connectivity index (χ2n) is 6.68. The molecule has 1 aliphatic rings. The van der Waals surface area contributed by atoms with E-state index in [0.29, 0.717) is 23.6 Å². The molecule has 6 nitrogen and oxygen atoms in total. The van der Waals surface area contributed by atoms with Crippen LogP contribution in [0.5, 0.6) is 0 Å². The monoisotopic (exact) mass is 351 g/mol. The van der Waals surface area contributed by atoms with E-state index < -0.39 is 5.92 Å². The van der Waals surface area contributed by atoms with Crippen molar-refractivity contribution in [2.45, 2.75) is 44.9 Å². The highest BCUT2D eigenvalue weighted by molar-refractivity contribution is 5.88. The average Bonchev–Trinajstić information content (AvgIpc) is 3.20. The third-order valence-electron chi connectivity index (χ3n) is 4.73. The van der Waals surface area contributed by atoms with E-state index in [9.17, 15) is 10.1 Å². The number of hydrogen-bond acceptors (Lipinski definition) is 5. The fourth-order valence-electron chi connectivity index (χ4n) is 3.29. The number of amides is 1. The molecule has 0 unspecified atom stereocenters. The predicted molar refractivity (Wildman–Crippen MR) is 102 cm³/mol. The third-order valence-corrected chi connectivity index (χ3v) is 4.73. The van der Waals surface area contributed by atoms with Crippen LogP contribution in [-0.4, -0.2) is 35.5 Å². The van der Waals surface area contributed by atoms with Gasteiger partial charge in [-0.25, -0.2) is 9.97 Å². The van der Waals surface area contributed by atoms with Gasteiger partial charge in [0, 0.05) is 19.6 Å². The largest absolute Gasteiger partial charge is 0.355 e. The first kappa shape index (κ1) is 18.1. The van der Waals surface area contributed by atoms with Crippen LogP contribution >= 0.6 is 0 Å². The molecule has 0 radical (unpaired) electrons. The Hall–Kier alpha value is -2.68. The number of nitrogens with zero attached hydrogens (tertiary/aromatic N) is 4. The molecule has 1 fully saturated rings. The molecule has 0 spiro atoms. The Kier molecular flexibility index (Phi) is 6.00. The summed E-state index contributed by atoms with van der Waals surface area (Å²) in [6.45, 7) is 4.48. The quantitative estimate of drug-likeness (QED) is 0.775. The van der Waals surface area contributed by atoms with E-state index in [-0.39, 0.29) is 5.91 Å². The van der Waals surface area contributed by atoms with E-state index >= 15 is 0 Å². The van der Waals surface area contributed by atoms with Crippen molar-refractivity contribution in [3.8, 4) is 6.07 Å². The molecule has 1 atom stereocenters. The number of rotatable bonds is 7. The van der Waals surface area contributed by atoms with Gasteiger partial charge in [0.05, 0.1) is 17.1 Å². The van der Waals surface area contributed by atoms with Crippen molar-refractivity contribution >= 4 is 22.8 Å². The summed E-state index contributed by atoms with van der Waals surface area (Å²) in [5, 5.41) is 12.6. The number of carbonyl (C=O) groups is 1. The minimum Gasteiger partial charge on any atom is -0.355 e. The van der Waals surface area contributed by atoms with Gasteiger partial charge in [0.25, 0.3) is 0 Å². The SMILES string of the molecule is CCCCCNC(=O)[C@H](C#N)c1nc2ccccc2nc1N1CCCC1. The number of nitriles is 1. The van der Waals surface area contributed by atoms with Gasteiger partial charge in [-0.3, -0.25) is 4.79 Å². The van der Waals surface area contributed by atoms with Crippen LogP contribution in [0.15, 0.2) is 24.3 Å². The molecule has 136 valence electrons. The topological polar surface area (TPSA) is 81.9 Å². The molecule has 2 heterocycles. The molecule has 1 N–H and O–H groups in total. The average molecular weight is 351 g/mol. The maximum absolute atomic E-state index is 12.6. The van der Waals surface area contributed by atoms with Crippen molar-refractivity contribution < 1.29 is 4.79 Å². The molecule has 1 amide bonds. The van der Waals surface area contributed by atoms with Crippen LogP contribution in [0.3, 0.4) is 0 Å². The van der Waals surface area contributed by atoms with Gasteiger partial charge in [-0.2, -0.15) is 5.26 Å². The predicted octanol–water partition coefficient (Wildman–Crippen LogP) is 3.14. The van der Waals surface area contributed by atoms with E-state index in [2.05, 4.69) is 28.2 Å². The molecular formula is C20H25N5O. The smallest absolute Gasteiger partial charge is 0.243 e. The molecule has 2 aromatic rings. The summed E-state index contributed by atoms with van der Waals surface area (Å²) in [6.07, 6.45) is 5.25. The summed E-state index contributed by atoms with van der Waals surface area (Å²) in [6, 6.07) is 9.74. The second kappa shape index (κ2) is 8.61. The van der Waals surface area contributed by atoms with Crippen molar-refractivity contribution in [1.29, 1.82) is 5.26 Å². The lowest BCUT2D eigenvalue weighted by atomic mass is 10.0. The fourth-order valence-corrected chi connectivity index (χ4v) is 3.29. The summed E-state index contributed by atoms with van der Waals surface area (Å²) < 4.78 is 0. The van der Waals surface area contributed by atoms with Gasteiger partial charge in [-0.1, -0.05) is 31.9 Å². The number of hydrogen-bond donors (Lipinski definition) is 1. The summed E-state index contributed by atoms with van der Waals surface area (Å²) in [5.41, 5.74) is 1.98. The molecule has 1 aromatic heterocycles. The highest BCUT2D eigenvalue weighted by atomic mass is 16.1. The lowest BCUT2D eigenvalue weighted by Gasteiger charge is -2.21. The van der Waals surface area contributed by atoms with Crippen LogP contribution in [-0.2, 0) is 4.79 Å². The van der Waals surface area contributed by atoms with Crippen molar-refractivity contribution in [3.63, 3.8) is 0 Å². The number of anilines is 1. The Morgan fingerprint density at radius 1 is 1.23 bits per heavy atom. The number of carbonyl (C=O) groups excluding carboxylic acids is 1. The molecule has 1 aromatic carbocycles. The first-order chi connectivity index (χ1) is 12.7. The summed E-state index contributed by atoms with van der Waals surface area (Å²) in [5.74, 6) is -0.547. The molecule has 6 heteroatoms. The Bertz CT molecular complexity index is 807. The number of para-hydroxylation sites is 2. The zero-order valence-corrected chi connectivity index (χ0v) is 15.2. The van der Waals surface area contributed by atoms with E-state index in [1.807, 2.05) is 24.3 Å². The molecule has 0 saturated carbocycles. The lowest BCUT2D eigenvalue weighted by Crippen LogP contribution is -2.32. The van der Waals surface area contributed by atoms with Crippen molar-refractivity contribution in [1.82, 2.24) is 15.3 Å². The van der Waals surface area contributed by atoms with Crippen LogP contribution in [0.25, 0.3) is 11.0 Å². The number of nitrogens with one attached hydrogen (secondary N) is 1. The van der Waals surface area contributed by atoms with Gasteiger partial charge >= 0.3 is 0 Å². The van der Waals surface area contributed by atoms with Crippen molar-refractivity contribution in [2.24, 2.45) is 0 Å². The summed E-state index contributed by atoms with van der Waals surface area (Å²) in [7, 11) is 0. The minimum absolute atomic E-state index is 0.284. The molecule has 3 rings (SSSR count). The van der Waals surface area contributed by atoms with Gasteiger partial charge in [0.2, 0.25) is 5.91 Å². The van der Waals surface area contributed by atoms with Gasteiger partial charge in [-0.15, -0.1) is 0 Å².